The van der Waals surface area contributed by atoms with Crippen molar-refractivity contribution in [3.63, 3.8) is 0 Å². The van der Waals surface area contributed by atoms with Gasteiger partial charge in [-0.05, 0) is 18.2 Å². The van der Waals surface area contributed by atoms with E-state index in [1.54, 1.807) is 12.3 Å². The largest absolute Gasteiger partial charge is 0.399 e. The van der Waals surface area contributed by atoms with Crippen molar-refractivity contribution in [2.24, 2.45) is 0 Å². The molecule has 0 aliphatic heterocycles. The zero-order valence-corrected chi connectivity index (χ0v) is 8.72. The Kier molecular flexibility index (Phi) is 2.55. The molecule has 0 aliphatic carbocycles. The van der Waals surface area contributed by atoms with E-state index in [0.717, 1.165) is 16.9 Å². The van der Waals surface area contributed by atoms with Crippen LogP contribution < -0.4 is 11.5 Å². The molecular formula is C12H12N4. The number of nitrogen functional groups attached to an aromatic ring is 2. The van der Waals surface area contributed by atoms with Gasteiger partial charge in [-0.3, -0.25) is 0 Å². The molecule has 0 radical (unpaired) electrons. The van der Waals surface area contributed by atoms with Gasteiger partial charge in [0.1, 0.15) is 11.5 Å². The lowest BCUT2D eigenvalue weighted by Crippen LogP contribution is -1.98. The van der Waals surface area contributed by atoms with Crippen molar-refractivity contribution in [1.82, 2.24) is 9.97 Å². The highest BCUT2D eigenvalue weighted by Gasteiger charge is 2.03. The van der Waals surface area contributed by atoms with Crippen molar-refractivity contribution >= 4 is 17.6 Å². The molecule has 1 heterocycles. The zero-order chi connectivity index (χ0) is 11.5. The summed E-state index contributed by atoms with van der Waals surface area (Å²) in [6.07, 6.45) is 3.22. The number of hydrogen-bond acceptors (Lipinski definition) is 4. The molecule has 4 N–H and O–H groups in total. The Bertz CT molecular complexity index is 517. The van der Waals surface area contributed by atoms with Gasteiger partial charge in [0.15, 0.2) is 0 Å². The standard InChI is InChI=1S/C12H12N4/c1-2-10-12(14)15-7-11(16-10)8-3-5-9(13)6-4-8/h2-7H,1,13H2,(H2,14,15). The monoisotopic (exact) mass is 212 g/mol. The predicted octanol–water partition coefficient (Wildman–Crippen LogP) is 1.95. The first-order valence-electron chi connectivity index (χ1n) is 4.81. The van der Waals surface area contributed by atoms with Crippen molar-refractivity contribution in [2.45, 2.75) is 0 Å². The fraction of sp³-hybridized carbons (Fsp3) is 0. The molecule has 0 spiro atoms. The minimum Gasteiger partial charge on any atom is -0.399 e. The third-order valence-electron chi connectivity index (χ3n) is 2.23. The van der Waals surface area contributed by atoms with Crippen LogP contribution in [0.3, 0.4) is 0 Å². The number of nitrogens with zero attached hydrogens (tertiary/aromatic N) is 2. The van der Waals surface area contributed by atoms with Crippen LogP contribution in [-0.2, 0) is 0 Å². The number of benzene rings is 1. The molecule has 0 atom stereocenters. The quantitative estimate of drug-likeness (QED) is 0.746. The highest BCUT2D eigenvalue weighted by Crippen LogP contribution is 2.19. The van der Waals surface area contributed by atoms with Gasteiger partial charge >= 0.3 is 0 Å². The summed E-state index contributed by atoms with van der Waals surface area (Å²) < 4.78 is 0. The molecule has 1 aromatic heterocycles. The fourth-order valence-electron chi connectivity index (χ4n) is 1.36. The third kappa shape index (κ3) is 1.86. The third-order valence-corrected chi connectivity index (χ3v) is 2.23. The van der Waals surface area contributed by atoms with Crippen molar-refractivity contribution < 1.29 is 0 Å². The molecule has 2 rings (SSSR count). The van der Waals surface area contributed by atoms with E-state index in [2.05, 4.69) is 16.5 Å². The van der Waals surface area contributed by atoms with Crippen LogP contribution in [0.5, 0.6) is 0 Å². The van der Waals surface area contributed by atoms with E-state index in [1.807, 2.05) is 24.3 Å². The van der Waals surface area contributed by atoms with Crippen LogP contribution >= 0.6 is 0 Å². The van der Waals surface area contributed by atoms with E-state index >= 15 is 0 Å². The molecule has 1 aromatic carbocycles. The molecule has 0 saturated heterocycles. The van der Waals surface area contributed by atoms with Crippen LogP contribution in [0.15, 0.2) is 37.0 Å². The zero-order valence-electron chi connectivity index (χ0n) is 8.72. The molecule has 0 aliphatic rings. The second-order valence-electron chi connectivity index (χ2n) is 3.35. The molecule has 0 bridgehead atoms. The summed E-state index contributed by atoms with van der Waals surface area (Å²) in [5.41, 5.74) is 14.3. The van der Waals surface area contributed by atoms with E-state index in [9.17, 15) is 0 Å². The number of nitrogens with two attached hydrogens (primary N) is 2. The van der Waals surface area contributed by atoms with Crippen LogP contribution in [0.25, 0.3) is 17.3 Å². The maximum Gasteiger partial charge on any atom is 0.149 e. The summed E-state index contributed by atoms with van der Waals surface area (Å²) in [6, 6.07) is 7.42. The Hall–Kier alpha value is -2.36. The molecule has 4 nitrogen and oxygen atoms in total. The average molecular weight is 212 g/mol. The summed E-state index contributed by atoms with van der Waals surface area (Å²) in [5.74, 6) is 0.384. The van der Waals surface area contributed by atoms with E-state index in [1.165, 1.54) is 0 Å². The van der Waals surface area contributed by atoms with Gasteiger partial charge in [0.05, 0.1) is 11.9 Å². The minimum atomic E-state index is 0.384. The Labute approximate surface area is 93.6 Å². The molecule has 80 valence electrons. The lowest BCUT2D eigenvalue weighted by atomic mass is 10.1. The summed E-state index contributed by atoms with van der Waals surface area (Å²) in [5, 5.41) is 0. The maximum absolute atomic E-state index is 5.64. The van der Waals surface area contributed by atoms with Gasteiger partial charge in [-0.1, -0.05) is 18.7 Å². The van der Waals surface area contributed by atoms with Crippen molar-refractivity contribution in [2.75, 3.05) is 11.5 Å². The summed E-state index contributed by atoms with van der Waals surface area (Å²) in [4.78, 5) is 8.41. The minimum absolute atomic E-state index is 0.384. The average Bonchev–Trinajstić information content (AvgIpc) is 2.31. The first-order chi connectivity index (χ1) is 7.70. The predicted molar refractivity (Wildman–Crippen MR) is 66.4 cm³/mol. The van der Waals surface area contributed by atoms with E-state index in [-0.39, 0.29) is 0 Å². The summed E-state index contributed by atoms with van der Waals surface area (Å²) in [7, 11) is 0. The van der Waals surface area contributed by atoms with Gasteiger partial charge < -0.3 is 11.5 Å². The summed E-state index contributed by atoms with van der Waals surface area (Å²) in [6.45, 7) is 3.64. The van der Waals surface area contributed by atoms with Crippen LogP contribution in [0.2, 0.25) is 0 Å². The van der Waals surface area contributed by atoms with Gasteiger partial charge in [0.25, 0.3) is 0 Å². The van der Waals surface area contributed by atoms with Gasteiger partial charge in [-0.25, -0.2) is 9.97 Å². The lowest BCUT2D eigenvalue weighted by molar-refractivity contribution is 1.20. The first kappa shape index (κ1) is 10.2. The Morgan fingerprint density at radius 2 is 1.81 bits per heavy atom. The number of hydrogen-bond donors (Lipinski definition) is 2. The normalized spacial score (nSPS) is 10.0. The van der Waals surface area contributed by atoms with E-state index < -0.39 is 0 Å². The van der Waals surface area contributed by atoms with Crippen LogP contribution in [-0.4, -0.2) is 9.97 Å². The number of aromatic nitrogens is 2. The molecule has 16 heavy (non-hydrogen) atoms. The Morgan fingerprint density at radius 3 is 2.44 bits per heavy atom. The lowest BCUT2D eigenvalue weighted by Gasteiger charge is -2.04. The van der Waals surface area contributed by atoms with Gasteiger partial charge in [-0.2, -0.15) is 0 Å². The van der Waals surface area contributed by atoms with Crippen molar-refractivity contribution in [3.05, 3.63) is 42.7 Å². The van der Waals surface area contributed by atoms with Crippen LogP contribution in [0.1, 0.15) is 5.69 Å². The van der Waals surface area contributed by atoms with Crippen molar-refractivity contribution in [3.8, 4) is 11.3 Å². The highest BCUT2D eigenvalue weighted by molar-refractivity contribution is 5.65. The van der Waals surface area contributed by atoms with E-state index in [4.69, 9.17) is 11.5 Å². The van der Waals surface area contributed by atoms with E-state index in [0.29, 0.717) is 11.5 Å². The molecule has 0 saturated carbocycles. The summed E-state index contributed by atoms with van der Waals surface area (Å²) >= 11 is 0. The topological polar surface area (TPSA) is 77.8 Å². The Morgan fingerprint density at radius 1 is 1.12 bits per heavy atom. The number of rotatable bonds is 2. The molecule has 4 heteroatoms. The van der Waals surface area contributed by atoms with Gasteiger partial charge in [0, 0.05) is 11.3 Å². The van der Waals surface area contributed by atoms with Crippen LogP contribution in [0, 0.1) is 0 Å². The molecule has 0 fully saturated rings. The molecule has 0 amide bonds. The van der Waals surface area contributed by atoms with Gasteiger partial charge in [0.2, 0.25) is 0 Å². The van der Waals surface area contributed by atoms with Crippen molar-refractivity contribution in [1.29, 1.82) is 0 Å². The SMILES string of the molecule is C=Cc1nc(-c2ccc(N)cc2)cnc1N. The first-order valence-corrected chi connectivity index (χ1v) is 4.81. The Balaban J connectivity index is 2.48. The highest BCUT2D eigenvalue weighted by atomic mass is 14.9. The number of anilines is 2. The second kappa shape index (κ2) is 4.02. The molecule has 2 aromatic rings. The van der Waals surface area contributed by atoms with Gasteiger partial charge in [-0.15, -0.1) is 0 Å². The molecular weight excluding hydrogens is 200 g/mol. The smallest absolute Gasteiger partial charge is 0.149 e. The fourth-order valence-corrected chi connectivity index (χ4v) is 1.36. The maximum atomic E-state index is 5.64. The molecule has 0 unspecified atom stereocenters. The second-order valence-corrected chi connectivity index (χ2v) is 3.35. The van der Waals surface area contributed by atoms with Crippen LogP contribution in [0.4, 0.5) is 11.5 Å².